The molecule has 1 aliphatic heterocycles. The second-order valence-corrected chi connectivity index (χ2v) is 0.830. The van der Waals surface area contributed by atoms with Crippen LogP contribution in [-0.4, -0.2) is 6.21 Å². The lowest BCUT2D eigenvalue weighted by Gasteiger charge is -1.97. The molecule has 31 valence electrons. The summed E-state index contributed by atoms with van der Waals surface area (Å²) >= 11 is 0. The first-order chi connectivity index (χ1) is 3.00. The first-order valence-corrected chi connectivity index (χ1v) is 1.61. The minimum Gasteiger partial charge on any atom is -0.292 e. The summed E-state index contributed by atoms with van der Waals surface area (Å²) in [6.45, 7) is 0. The largest absolute Gasteiger partial charge is 0.292 e. The highest BCUT2D eigenvalue weighted by molar-refractivity contribution is 5.70. The monoisotopic (exact) mass is 82.0 g/mol. The Morgan fingerprint density at radius 1 is 1.67 bits per heavy atom. The molecule has 3 heteroatoms. The van der Waals surface area contributed by atoms with Crippen LogP contribution in [0.5, 0.6) is 0 Å². The van der Waals surface area contributed by atoms with E-state index in [0.717, 1.165) is 0 Å². The molecule has 1 radical (unpaired) electrons. The van der Waals surface area contributed by atoms with Gasteiger partial charge in [0.05, 0.1) is 0 Å². The van der Waals surface area contributed by atoms with Crippen molar-refractivity contribution in [3.05, 3.63) is 12.3 Å². The molecule has 0 unspecified atom stereocenters. The van der Waals surface area contributed by atoms with Crippen LogP contribution in [-0.2, 0) is 0 Å². The molecular formula is C3H4N3. The van der Waals surface area contributed by atoms with Crippen LogP contribution in [0.1, 0.15) is 0 Å². The zero-order valence-electron chi connectivity index (χ0n) is 3.10. The number of nitrogens with one attached hydrogen (secondary N) is 2. The van der Waals surface area contributed by atoms with Gasteiger partial charge in [0.2, 0.25) is 0 Å². The number of hydrazone groups is 1. The molecule has 1 heterocycles. The van der Waals surface area contributed by atoms with E-state index in [2.05, 4.69) is 22.3 Å². The van der Waals surface area contributed by atoms with E-state index in [9.17, 15) is 0 Å². The smallest absolute Gasteiger partial charge is 0.114 e. The van der Waals surface area contributed by atoms with Crippen molar-refractivity contribution in [2.45, 2.75) is 0 Å². The van der Waals surface area contributed by atoms with Gasteiger partial charge in [-0.15, -0.1) is 0 Å². The zero-order chi connectivity index (χ0) is 4.24. The van der Waals surface area contributed by atoms with Gasteiger partial charge in [-0.3, -0.25) is 5.43 Å². The number of rotatable bonds is 0. The predicted molar refractivity (Wildman–Crippen MR) is 22.8 cm³/mol. The Kier molecular flexibility index (Phi) is 0.774. The number of hydrogen-bond acceptors (Lipinski definition) is 3. The van der Waals surface area contributed by atoms with Crippen molar-refractivity contribution in [3.63, 3.8) is 0 Å². The van der Waals surface area contributed by atoms with Crippen LogP contribution in [0.15, 0.2) is 17.4 Å². The molecule has 0 saturated heterocycles. The third kappa shape index (κ3) is 0.484. The molecule has 0 aromatic heterocycles. The maximum absolute atomic E-state index is 3.48. The highest BCUT2D eigenvalue weighted by Gasteiger charge is 1.72. The minimum atomic E-state index is 1.68. The highest BCUT2D eigenvalue weighted by Crippen LogP contribution is 1.64. The summed E-state index contributed by atoms with van der Waals surface area (Å²) in [5, 5.41) is 3.48. The normalized spacial score (nSPS) is 16.0. The van der Waals surface area contributed by atoms with Crippen molar-refractivity contribution in [2.75, 3.05) is 0 Å². The van der Waals surface area contributed by atoms with E-state index in [4.69, 9.17) is 0 Å². The Morgan fingerprint density at radius 2 is 2.67 bits per heavy atom. The molecule has 0 fully saturated rings. The van der Waals surface area contributed by atoms with Crippen molar-refractivity contribution >= 4 is 6.21 Å². The molecule has 3 nitrogen and oxygen atoms in total. The molecule has 0 bridgehead atoms. The van der Waals surface area contributed by atoms with Crippen LogP contribution < -0.4 is 11.0 Å². The Bertz CT molecular complexity index is 72.0. The van der Waals surface area contributed by atoms with E-state index in [-0.39, 0.29) is 0 Å². The van der Waals surface area contributed by atoms with Crippen LogP contribution in [0.2, 0.25) is 0 Å². The van der Waals surface area contributed by atoms with Gasteiger partial charge >= 0.3 is 0 Å². The van der Waals surface area contributed by atoms with Crippen molar-refractivity contribution in [1.82, 2.24) is 11.0 Å². The van der Waals surface area contributed by atoms with E-state index in [1.54, 1.807) is 12.3 Å². The van der Waals surface area contributed by atoms with Crippen LogP contribution in [0, 0.1) is 0 Å². The Labute approximate surface area is 35.7 Å². The first-order valence-electron chi connectivity index (χ1n) is 1.61. The maximum Gasteiger partial charge on any atom is 0.114 e. The average Bonchev–Trinajstić information content (AvgIpc) is 1.72. The molecule has 1 rings (SSSR count). The van der Waals surface area contributed by atoms with E-state index < -0.39 is 0 Å². The first kappa shape index (κ1) is 3.21. The number of nitrogens with zero attached hydrogens (tertiary/aromatic N) is 1. The molecule has 1 aliphatic rings. The molecule has 0 spiro atoms. The van der Waals surface area contributed by atoms with Gasteiger partial charge in [0.25, 0.3) is 0 Å². The fourth-order valence-electron chi connectivity index (χ4n) is 0.218. The average molecular weight is 82.1 g/mol. The Morgan fingerprint density at radius 3 is 2.83 bits per heavy atom. The quantitative estimate of drug-likeness (QED) is 0.412. The molecule has 0 aromatic carbocycles. The van der Waals surface area contributed by atoms with Crippen molar-refractivity contribution in [2.24, 2.45) is 5.10 Å². The molecule has 0 saturated carbocycles. The minimum absolute atomic E-state index is 1.68. The summed E-state index contributed by atoms with van der Waals surface area (Å²) in [6.07, 6.45) is 5.93. The molecule has 2 N–H and O–H groups in total. The van der Waals surface area contributed by atoms with Crippen LogP contribution in [0.25, 0.3) is 0 Å². The van der Waals surface area contributed by atoms with E-state index in [1.807, 2.05) is 0 Å². The van der Waals surface area contributed by atoms with Crippen molar-refractivity contribution < 1.29 is 0 Å². The summed E-state index contributed by atoms with van der Waals surface area (Å²) in [5.41, 5.74) is 5.09. The summed E-state index contributed by atoms with van der Waals surface area (Å²) in [7, 11) is 0. The van der Waals surface area contributed by atoms with Gasteiger partial charge in [-0.05, 0) is 6.08 Å². The van der Waals surface area contributed by atoms with Crippen LogP contribution in [0.4, 0.5) is 0 Å². The fourth-order valence-corrected chi connectivity index (χ4v) is 0.218. The van der Waals surface area contributed by atoms with Gasteiger partial charge in [0.15, 0.2) is 0 Å². The van der Waals surface area contributed by atoms with Gasteiger partial charge in [-0.1, -0.05) is 0 Å². The van der Waals surface area contributed by atoms with Crippen LogP contribution in [0.3, 0.4) is 0 Å². The summed E-state index contributed by atoms with van der Waals surface area (Å²) in [4.78, 5) is 0. The molecule has 0 aromatic rings. The number of hydrazine groups is 1. The van der Waals surface area contributed by atoms with Gasteiger partial charge in [0.1, 0.15) is 6.21 Å². The van der Waals surface area contributed by atoms with Crippen molar-refractivity contribution in [3.8, 4) is 0 Å². The van der Waals surface area contributed by atoms with Gasteiger partial charge < -0.3 is 0 Å². The third-order valence-corrected chi connectivity index (χ3v) is 0.426. The SMILES string of the molecule is [C]1=NNNC=C1. The van der Waals surface area contributed by atoms with Gasteiger partial charge in [-0.25, -0.2) is 5.53 Å². The second kappa shape index (κ2) is 1.45. The third-order valence-electron chi connectivity index (χ3n) is 0.426. The Balaban J connectivity index is 2.46. The summed E-state index contributed by atoms with van der Waals surface area (Å²) in [6, 6.07) is 0. The number of hydrogen-bond donors (Lipinski definition) is 2. The molecule has 0 amide bonds. The number of allylic oxidation sites excluding steroid dienone is 1. The predicted octanol–water partition coefficient (Wildman–Crippen LogP) is -0.529. The van der Waals surface area contributed by atoms with E-state index in [1.165, 1.54) is 0 Å². The van der Waals surface area contributed by atoms with E-state index >= 15 is 0 Å². The molecular weight excluding hydrogens is 78.1 g/mol. The molecule has 0 aliphatic carbocycles. The highest BCUT2D eigenvalue weighted by atomic mass is 15.5. The molecule has 6 heavy (non-hydrogen) atoms. The van der Waals surface area contributed by atoms with Crippen LogP contribution >= 0.6 is 0 Å². The lowest BCUT2D eigenvalue weighted by Crippen LogP contribution is -2.22. The molecule has 0 atom stereocenters. The standard InChI is InChI=1S/C3H4N3/c1-2-4-6-5-3-1/h1-2,4,6H. The van der Waals surface area contributed by atoms with E-state index in [0.29, 0.717) is 0 Å². The zero-order valence-corrected chi connectivity index (χ0v) is 3.10. The lowest BCUT2D eigenvalue weighted by atomic mass is 10.7. The topological polar surface area (TPSA) is 36.4 Å². The lowest BCUT2D eigenvalue weighted by molar-refractivity contribution is 0.664. The van der Waals surface area contributed by atoms with Crippen molar-refractivity contribution in [1.29, 1.82) is 0 Å². The van der Waals surface area contributed by atoms with Gasteiger partial charge in [-0.2, -0.15) is 5.10 Å². The van der Waals surface area contributed by atoms with Gasteiger partial charge in [0, 0.05) is 6.20 Å². The summed E-state index contributed by atoms with van der Waals surface area (Å²) in [5.74, 6) is 0. The Hall–Kier alpha value is -0.990. The second-order valence-electron chi connectivity index (χ2n) is 0.830. The summed E-state index contributed by atoms with van der Waals surface area (Å²) < 4.78 is 0. The fraction of sp³-hybridized carbons (Fsp3) is 0. The maximum atomic E-state index is 3.48.